The molecule has 0 aliphatic heterocycles. The Labute approximate surface area is 151 Å². The summed E-state index contributed by atoms with van der Waals surface area (Å²) >= 11 is 0. The number of allylic oxidation sites excluding steroid dienone is 5. The molecule has 25 heavy (non-hydrogen) atoms. The molecule has 0 aromatic heterocycles. The molecule has 2 aliphatic rings. The van der Waals surface area contributed by atoms with Gasteiger partial charge in [0.15, 0.2) is 0 Å². The summed E-state index contributed by atoms with van der Waals surface area (Å²) < 4.78 is 0. The summed E-state index contributed by atoms with van der Waals surface area (Å²) in [5.74, 6) is 0. The predicted octanol–water partition coefficient (Wildman–Crippen LogP) is 6.60. The van der Waals surface area contributed by atoms with E-state index in [9.17, 15) is 0 Å². The third kappa shape index (κ3) is 2.43. The molecule has 0 nitrogen and oxygen atoms in total. The van der Waals surface area contributed by atoms with E-state index in [1.165, 1.54) is 39.0 Å². The average Bonchev–Trinajstić information content (AvgIpc) is 2.80. The molecule has 0 heteroatoms. The zero-order chi connectivity index (χ0) is 17.8. The largest absolute Gasteiger partial charge is 0.0738 e. The Bertz CT molecular complexity index is 946. The molecule has 0 fully saturated rings. The first-order valence-electron chi connectivity index (χ1n) is 9.14. The van der Waals surface area contributed by atoms with Gasteiger partial charge < -0.3 is 0 Å². The molecule has 2 aliphatic carbocycles. The molecule has 0 unspecified atom stereocenters. The minimum atomic E-state index is 0.000969. The zero-order valence-corrected chi connectivity index (χ0v) is 15.9. The van der Waals surface area contributed by atoms with Crippen LogP contribution in [0.3, 0.4) is 0 Å². The van der Waals surface area contributed by atoms with Crippen LogP contribution in [-0.4, -0.2) is 0 Å². The van der Waals surface area contributed by atoms with E-state index in [0.29, 0.717) is 0 Å². The van der Waals surface area contributed by atoms with Crippen LogP contribution < -0.4 is 0 Å². The molecule has 0 bridgehead atoms. The van der Waals surface area contributed by atoms with Crippen molar-refractivity contribution >= 4 is 11.6 Å². The number of rotatable bonds is 0. The highest BCUT2D eigenvalue weighted by molar-refractivity contribution is 5.89. The van der Waals surface area contributed by atoms with Gasteiger partial charge in [-0.2, -0.15) is 0 Å². The third-order valence-electron chi connectivity index (χ3n) is 5.85. The van der Waals surface area contributed by atoms with Gasteiger partial charge in [0.25, 0.3) is 0 Å². The Hall–Kier alpha value is -2.34. The van der Waals surface area contributed by atoms with Crippen LogP contribution in [0.5, 0.6) is 0 Å². The van der Waals surface area contributed by atoms with Crippen LogP contribution in [0.4, 0.5) is 0 Å². The number of aryl methyl sites for hydroxylation is 1. The van der Waals surface area contributed by atoms with Gasteiger partial charge in [0, 0.05) is 10.8 Å². The van der Waals surface area contributed by atoms with Gasteiger partial charge in [-0.15, -0.1) is 0 Å². The predicted molar refractivity (Wildman–Crippen MR) is 109 cm³/mol. The van der Waals surface area contributed by atoms with E-state index in [2.05, 4.69) is 101 Å². The summed E-state index contributed by atoms with van der Waals surface area (Å²) in [6.45, 7) is 11.5. The van der Waals surface area contributed by atoms with Gasteiger partial charge in [0.2, 0.25) is 0 Å². The van der Waals surface area contributed by atoms with Crippen molar-refractivity contribution in [2.45, 2.75) is 45.4 Å². The lowest BCUT2D eigenvalue weighted by atomic mass is 9.80. The van der Waals surface area contributed by atoms with E-state index in [1.54, 1.807) is 0 Å². The number of fused-ring (bicyclic) bond motifs is 3. The van der Waals surface area contributed by atoms with E-state index in [0.717, 1.165) is 0 Å². The molecular weight excluding hydrogens is 300 g/mol. The molecular formula is C25H26. The molecule has 0 radical (unpaired) electrons. The van der Waals surface area contributed by atoms with Gasteiger partial charge in [-0.3, -0.25) is 0 Å². The summed E-state index contributed by atoms with van der Waals surface area (Å²) in [6, 6.07) is 15.6. The van der Waals surface area contributed by atoms with Gasteiger partial charge in [0.1, 0.15) is 0 Å². The topological polar surface area (TPSA) is 0 Å². The van der Waals surface area contributed by atoms with Crippen LogP contribution in [0.1, 0.15) is 55.5 Å². The fraction of sp³-hybridized carbons (Fsp3) is 0.280. The summed E-state index contributed by atoms with van der Waals surface area (Å²) in [7, 11) is 0. The lowest BCUT2D eigenvalue weighted by Crippen LogP contribution is -2.16. The molecule has 0 N–H and O–H groups in total. The van der Waals surface area contributed by atoms with Crippen LogP contribution in [0.15, 0.2) is 66.3 Å². The Balaban J connectivity index is 1.98. The first-order chi connectivity index (χ1) is 11.8. The van der Waals surface area contributed by atoms with Gasteiger partial charge in [-0.1, -0.05) is 100 Å². The minimum Gasteiger partial charge on any atom is -0.0738 e. The van der Waals surface area contributed by atoms with E-state index in [4.69, 9.17) is 0 Å². The summed E-state index contributed by atoms with van der Waals surface area (Å²) in [6.07, 6.45) is 9.37. The zero-order valence-electron chi connectivity index (χ0n) is 15.9. The molecule has 0 spiro atoms. The quantitative estimate of drug-likeness (QED) is 0.511. The monoisotopic (exact) mass is 326 g/mol. The van der Waals surface area contributed by atoms with Crippen LogP contribution in [-0.2, 0) is 10.8 Å². The van der Waals surface area contributed by atoms with Crippen LogP contribution >= 0.6 is 0 Å². The number of benzene rings is 2. The highest BCUT2D eigenvalue weighted by Gasteiger charge is 2.36. The molecule has 0 atom stereocenters. The maximum Gasteiger partial charge on any atom is 0.0158 e. The Morgan fingerprint density at radius 1 is 0.760 bits per heavy atom. The van der Waals surface area contributed by atoms with Crippen molar-refractivity contribution < 1.29 is 0 Å². The molecule has 126 valence electrons. The van der Waals surface area contributed by atoms with Crippen LogP contribution in [0.2, 0.25) is 0 Å². The van der Waals surface area contributed by atoms with Crippen molar-refractivity contribution in [3.63, 3.8) is 0 Å². The van der Waals surface area contributed by atoms with E-state index >= 15 is 0 Å². The highest BCUT2D eigenvalue weighted by Crippen LogP contribution is 2.48. The fourth-order valence-corrected chi connectivity index (χ4v) is 4.30. The van der Waals surface area contributed by atoms with Crippen molar-refractivity contribution in [3.8, 4) is 0 Å². The Morgan fingerprint density at radius 3 is 2.32 bits per heavy atom. The lowest BCUT2D eigenvalue weighted by Gasteiger charge is -2.24. The highest BCUT2D eigenvalue weighted by atomic mass is 14.4. The minimum absolute atomic E-state index is 0.000969. The van der Waals surface area contributed by atoms with Gasteiger partial charge >= 0.3 is 0 Å². The second kappa shape index (κ2) is 5.33. The smallest absolute Gasteiger partial charge is 0.0158 e. The average molecular weight is 326 g/mol. The summed E-state index contributed by atoms with van der Waals surface area (Å²) in [4.78, 5) is 0. The van der Waals surface area contributed by atoms with E-state index in [1.807, 2.05) is 0 Å². The van der Waals surface area contributed by atoms with Gasteiger partial charge in [-0.25, -0.2) is 0 Å². The normalized spacial score (nSPS) is 19.6. The SMILES string of the molecule is Cc1ccc2c(c1)C(C)(C)C1=C2C=CC(C)(C)c2ccccc2C=C1. The van der Waals surface area contributed by atoms with Crippen molar-refractivity contribution in [1.82, 2.24) is 0 Å². The van der Waals surface area contributed by atoms with Crippen molar-refractivity contribution in [2.75, 3.05) is 0 Å². The van der Waals surface area contributed by atoms with Crippen LogP contribution in [0.25, 0.3) is 11.6 Å². The molecule has 4 rings (SSSR count). The molecule has 0 amide bonds. The maximum atomic E-state index is 2.37. The second-order valence-corrected chi connectivity index (χ2v) is 8.48. The summed E-state index contributed by atoms with van der Waals surface area (Å²) in [5, 5.41) is 0. The Morgan fingerprint density at radius 2 is 1.52 bits per heavy atom. The Kier molecular flexibility index (Phi) is 3.44. The number of hydrogen-bond acceptors (Lipinski definition) is 0. The van der Waals surface area contributed by atoms with Crippen molar-refractivity contribution in [1.29, 1.82) is 0 Å². The standard InChI is InChI=1S/C25H26/c1-17-10-12-19-20-14-15-24(2,3)21-9-7-6-8-18(21)11-13-22(20)25(4,5)23(19)16-17/h6-16H,1-5H3. The molecule has 0 heterocycles. The second-order valence-electron chi connectivity index (χ2n) is 8.48. The summed E-state index contributed by atoms with van der Waals surface area (Å²) in [5.41, 5.74) is 9.67. The van der Waals surface area contributed by atoms with Crippen molar-refractivity contribution in [3.05, 3.63) is 94.1 Å². The molecule has 0 saturated heterocycles. The first kappa shape index (κ1) is 16.1. The van der Waals surface area contributed by atoms with Gasteiger partial charge in [-0.05, 0) is 40.3 Å². The lowest BCUT2D eigenvalue weighted by molar-refractivity contribution is 0.654. The van der Waals surface area contributed by atoms with E-state index < -0.39 is 0 Å². The fourth-order valence-electron chi connectivity index (χ4n) is 4.30. The van der Waals surface area contributed by atoms with Crippen LogP contribution in [0, 0.1) is 6.92 Å². The van der Waals surface area contributed by atoms with Gasteiger partial charge in [0.05, 0.1) is 0 Å². The van der Waals surface area contributed by atoms with E-state index in [-0.39, 0.29) is 10.8 Å². The first-order valence-corrected chi connectivity index (χ1v) is 9.14. The molecule has 2 aromatic carbocycles. The molecule has 0 saturated carbocycles. The number of hydrogen-bond donors (Lipinski definition) is 0. The molecule has 2 aromatic rings. The third-order valence-corrected chi connectivity index (χ3v) is 5.85. The van der Waals surface area contributed by atoms with Crippen molar-refractivity contribution in [2.24, 2.45) is 0 Å². The maximum absolute atomic E-state index is 2.37.